The van der Waals surface area contributed by atoms with E-state index in [4.69, 9.17) is 4.74 Å². The summed E-state index contributed by atoms with van der Waals surface area (Å²) in [6, 6.07) is 0. The molecule has 1 unspecified atom stereocenters. The molecule has 17 heavy (non-hydrogen) atoms. The largest absolute Gasteiger partial charge is 0.377 e. The van der Waals surface area contributed by atoms with Gasteiger partial charge in [-0.15, -0.1) is 0 Å². The van der Waals surface area contributed by atoms with Gasteiger partial charge in [-0.1, -0.05) is 27.7 Å². The predicted octanol–water partition coefficient (Wildman–Crippen LogP) is 2.49. The fourth-order valence-electron chi connectivity index (χ4n) is 2.09. The van der Waals surface area contributed by atoms with Crippen molar-refractivity contribution in [2.24, 2.45) is 5.41 Å². The Hall–Kier alpha value is -0.410. The maximum absolute atomic E-state index is 11.9. The van der Waals surface area contributed by atoms with Gasteiger partial charge in [0.2, 0.25) is 0 Å². The van der Waals surface area contributed by atoms with E-state index in [0.29, 0.717) is 18.3 Å². The van der Waals surface area contributed by atoms with Crippen molar-refractivity contribution in [1.82, 2.24) is 4.90 Å². The number of nitrogens with zero attached hydrogens (tertiary/aromatic N) is 1. The summed E-state index contributed by atoms with van der Waals surface area (Å²) < 4.78 is 5.63. The molecule has 100 valence electrons. The second kappa shape index (κ2) is 6.50. The molecule has 0 amide bonds. The van der Waals surface area contributed by atoms with E-state index in [0.717, 1.165) is 26.2 Å². The van der Waals surface area contributed by atoms with E-state index in [1.54, 1.807) is 0 Å². The third kappa shape index (κ3) is 5.17. The molecule has 0 radical (unpaired) electrons. The molecule has 3 heteroatoms. The topological polar surface area (TPSA) is 29.5 Å². The Morgan fingerprint density at radius 2 is 2.12 bits per heavy atom. The SMILES string of the molecule is CCN(CCC(=O)C(C)(C)C)CC1CCCO1. The average molecular weight is 241 g/mol. The van der Waals surface area contributed by atoms with E-state index < -0.39 is 0 Å². The van der Waals surface area contributed by atoms with Crippen LogP contribution in [0.3, 0.4) is 0 Å². The second-order valence-corrected chi connectivity index (χ2v) is 5.95. The molecule has 1 fully saturated rings. The number of carbonyl (C=O) groups is 1. The standard InChI is InChI=1S/C14H27NO2/c1-5-15(11-12-7-6-10-17-12)9-8-13(16)14(2,3)4/h12H,5-11H2,1-4H3. The predicted molar refractivity (Wildman–Crippen MR) is 70.2 cm³/mol. The summed E-state index contributed by atoms with van der Waals surface area (Å²) in [5.41, 5.74) is -0.205. The van der Waals surface area contributed by atoms with Gasteiger partial charge in [0.25, 0.3) is 0 Å². The normalized spacial score (nSPS) is 21.1. The van der Waals surface area contributed by atoms with Gasteiger partial charge in [0.1, 0.15) is 5.78 Å². The number of ether oxygens (including phenoxy) is 1. The Kier molecular flexibility index (Phi) is 5.60. The highest BCUT2D eigenvalue weighted by Crippen LogP contribution is 2.18. The lowest BCUT2D eigenvalue weighted by atomic mass is 9.89. The molecule has 1 aliphatic rings. The lowest BCUT2D eigenvalue weighted by Gasteiger charge is -2.25. The third-order valence-corrected chi connectivity index (χ3v) is 3.42. The molecule has 1 rings (SSSR count). The van der Waals surface area contributed by atoms with E-state index >= 15 is 0 Å². The van der Waals surface area contributed by atoms with Crippen LogP contribution in [-0.2, 0) is 9.53 Å². The van der Waals surface area contributed by atoms with Gasteiger partial charge in [-0.05, 0) is 19.4 Å². The minimum atomic E-state index is -0.205. The van der Waals surface area contributed by atoms with Crippen molar-refractivity contribution in [3.8, 4) is 0 Å². The van der Waals surface area contributed by atoms with Crippen LogP contribution in [0.15, 0.2) is 0 Å². The Morgan fingerprint density at radius 3 is 2.59 bits per heavy atom. The van der Waals surface area contributed by atoms with E-state index in [2.05, 4.69) is 11.8 Å². The van der Waals surface area contributed by atoms with Crippen LogP contribution in [0.25, 0.3) is 0 Å². The Morgan fingerprint density at radius 1 is 1.41 bits per heavy atom. The molecule has 3 nitrogen and oxygen atoms in total. The molecule has 0 aromatic heterocycles. The van der Waals surface area contributed by atoms with Gasteiger partial charge in [-0.25, -0.2) is 0 Å². The zero-order valence-corrected chi connectivity index (χ0v) is 11.8. The number of rotatable bonds is 6. The van der Waals surface area contributed by atoms with Crippen LogP contribution < -0.4 is 0 Å². The number of hydrogen-bond donors (Lipinski definition) is 0. The van der Waals surface area contributed by atoms with Crippen molar-refractivity contribution < 1.29 is 9.53 Å². The summed E-state index contributed by atoms with van der Waals surface area (Å²) in [5.74, 6) is 0.350. The highest BCUT2D eigenvalue weighted by molar-refractivity contribution is 5.83. The van der Waals surface area contributed by atoms with Crippen LogP contribution in [0.2, 0.25) is 0 Å². The molecule has 0 bridgehead atoms. The minimum absolute atomic E-state index is 0.205. The zero-order chi connectivity index (χ0) is 12.9. The van der Waals surface area contributed by atoms with Crippen LogP contribution in [0.4, 0.5) is 0 Å². The Bertz CT molecular complexity index is 239. The molecule has 0 aliphatic carbocycles. The van der Waals surface area contributed by atoms with Crippen molar-refractivity contribution in [2.45, 2.75) is 53.1 Å². The van der Waals surface area contributed by atoms with Crippen molar-refractivity contribution in [3.63, 3.8) is 0 Å². The van der Waals surface area contributed by atoms with E-state index in [1.807, 2.05) is 20.8 Å². The van der Waals surface area contributed by atoms with E-state index in [1.165, 1.54) is 12.8 Å². The van der Waals surface area contributed by atoms with Gasteiger partial charge in [-0.3, -0.25) is 4.79 Å². The number of Topliss-reactive ketones (excluding diaryl/α,β-unsaturated/α-hetero) is 1. The summed E-state index contributed by atoms with van der Waals surface area (Å²) in [5, 5.41) is 0. The van der Waals surface area contributed by atoms with Crippen molar-refractivity contribution in [2.75, 3.05) is 26.2 Å². The Balaban J connectivity index is 2.29. The number of carbonyl (C=O) groups excluding carboxylic acids is 1. The lowest BCUT2D eigenvalue weighted by Crippen LogP contribution is -2.35. The summed E-state index contributed by atoms with van der Waals surface area (Å²) in [6.45, 7) is 11.9. The maximum Gasteiger partial charge on any atom is 0.139 e. The smallest absolute Gasteiger partial charge is 0.139 e. The molecule has 1 atom stereocenters. The first kappa shape index (κ1) is 14.7. The van der Waals surface area contributed by atoms with Gasteiger partial charge in [0.05, 0.1) is 6.10 Å². The average Bonchev–Trinajstić information content (AvgIpc) is 2.74. The number of ketones is 1. The van der Waals surface area contributed by atoms with Crippen molar-refractivity contribution in [3.05, 3.63) is 0 Å². The quantitative estimate of drug-likeness (QED) is 0.715. The van der Waals surface area contributed by atoms with Crippen molar-refractivity contribution in [1.29, 1.82) is 0 Å². The first-order valence-electron chi connectivity index (χ1n) is 6.80. The van der Waals surface area contributed by atoms with E-state index in [-0.39, 0.29) is 5.41 Å². The van der Waals surface area contributed by atoms with Crippen LogP contribution in [0, 0.1) is 5.41 Å². The fraction of sp³-hybridized carbons (Fsp3) is 0.929. The zero-order valence-electron chi connectivity index (χ0n) is 11.8. The monoisotopic (exact) mass is 241 g/mol. The van der Waals surface area contributed by atoms with Crippen LogP contribution in [0.5, 0.6) is 0 Å². The van der Waals surface area contributed by atoms with Gasteiger partial charge in [0.15, 0.2) is 0 Å². The highest BCUT2D eigenvalue weighted by Gasteiger charge is 2.23. The Labute approximate surface area is 106 Å². The fourth-order valence-corrected chi connectivity index (χ4v) is 2.09. The summed E-state index contributed by atoms with van der Waals surface area (Å²) >= 11 is 0. The molecule has 0 aromatic carbocycles. The molecule has 0 spiro atoms. The van der Waals surface area contributed by atoms with Crippen molar-refractivity contribution >= 4 is 5.78 Å². The molecule has 1 aliphatic heterocycles. The molecular weight excluding hydrogens is 214 g/mol. The molecule has 1 heterocycles. The minimum Gasteiger partial charge on any atom is -0.377 e. The highest BCUT2D eigenvalue weighted by atomic mass is 16.5. The first-order chi connectivity index (χ1) is 7.93. The van der Waals surface area contributed by atoms with E-state index in [9.17, 15) is 4.79 Å². The summed E-state index contributed by atoms with van der Waals surface area (Å²) in [6.07, 6.45) is 3.40. The molecule has 0 saturated carbocycles. The maximum atomic E-state index is 11.9. The van der Waals surface area contributed by atoms with Gasteiger partial charge in [0, 0.05) is 31.5 Å². The van der Waals surface area contributed by atoms with Gasteiger partial charge >= 0.3 is 0 Å². The third-order valence-electron chi connectivity index (χ3n) is 3.42. The first-order valence-corrected chi connectivity index (χ1v) is 6.80. The molecular formula is C14H27NO2. The second-order valence-electron chi connectivity index (χ2n) is 5.95. The summed E-state index contributed by atoms with van der Waals surface area (Å²) in [7, 11) is 0. The number of hydrogen-bond acceptors (Lipinski definition) is 3. The van der Waals surface area contributed by atoms with Crippen LogP contribution >= 0.6 is 0 Å². The van der Waals surface area contributed by atoms with Gasteiger partial charge < -0.3 is 9.64 Å². The number of likely N-dealkylation sites (N-methyl/N-ethyl adjacent to an activating group) is 1. The summed E-state index contributed by atoms with van der Waals surface area (Å²) in [4.78, 5) is 14.2. The van der Waals surface area contributed by atoms with Crippen LogP contribution in [0.1, 0.15) is 47.0 Å². The van der Waals surface area contributed by atoms with Crippen LogP contribution in [-0.4, -0.2) is 43.0 Å². The van der Waals surface area contributed by atoms with Gasteiger partial charge in [-0.2, -0.15) is 0 Å². The lowest BCUT2D eigenvalue weighted by molar-refractivity contribution is -0.126. The molecule has 1 saturated heterocycles. The molecule has 0 N–H and O–H groups in total. The molecule has 0 aromatic rings.